The summed E-state index contributed by atoms with van der Waals surface area (Å²) in [5.41, 5.74) is 1.24. The molecule has 0 aliphatic heterocycles. The first-order valence-corrected chi connectivity index (χ1v) is 9.79. The molecule has 146 valence electrons. The van der Waals surface area contributed by atoms with E-state index in [4.69, 9.17) is 0 Å². The fourth-order valence-electron chi connectivity index (χ4n) is 2.19. The van der Waals surface area contributed by atoms with Crippen LogP contribution >= 0.6 is 11.8 Å². The molecule has 8 heteroatoms. The molecule has 0 radical (unpaired) electrons. The van der Waals surface area contributed by atoms with Gasteiger partial charge in [0, 0.05) is 31.1 Å². The molecular formula is C19H25FN4O2S. The van der Waals surface area contributed by atoms with Gasteiger partial charge in [0.1, 0.15) is 5.69 Å². The Labute approximate surface area is 163 Å². The van der Waals surface area contributed by atoms with Crippen LogP contribution in [-0.2, 0) is 0 Å². The molecule has 0 bridgehead atoms. The molecule has 0 unspecified atom stereocenters. The zero-order valence-corrected chi connectivity index (χ0v) is 16.8. The van der Waals surface area contributed by atoms with E-state index in [0.29, 0.717) is 22.8 Å². The summed E-state index contributed by atoms with van der Waals surface area (Å²) in [6.45, 7) is 4.20. The number of nitrogens with one attached hydrogen (secondary N) is 1. The van der Waals surface area contributed by atoms with E-state index in [9.17, 15) is 14.1 Å². The van der Waals surface area contributed by atoms with Crippen molar-refractivity contribution in [3.05, 3.63) is 47.3 Å². The number of aliphatic imine (C=N–C) groups is 1. The van der Waals surface area contributed by atoms with E-state index in [2.05, 4.69) is 15.3 Å². The van der Waals surface area contributed by atoms with Crippen LogP contribution in [0.1, 0.15) is 34.7 Å². The highest BCUT2D eigenvalue weighted by molar-refractivity contribution is 7.98. The minimum Gasteiger partial charge on any atom is -0.388 e. The normalized spacial score (nSPS) is 12.3. The second-order valence-electron chi connectivity index (χ2n) is 5.57. The van der Waals surface area contributed by atoms with Crippen molar-refractivity contribution in [1.29, 1.82) is 0 Å². The first-order valence-electron chi connectivity index (χ1n) is 8.40. The van der Waals surface area contributed by atoms with Crippen LogP contribution < -0.4 is 10.4 Å². The molecule has 1 heterocycles. The lowest BCUT2D eigenvalue weighted by molar-refractivity contribution is 0.103. The molecular weight excluding hydrogens is 367 g/mol. The molecule has 1 aromatic rings. The lowest BCUT2D eigenvalue weighted by Gasteiger charge is -2.14. The Balaban J connectivity index is 2.98. The van der Waals surface area contributed by atoms with E-state index in [1.165, 1.54) is 18.2 Å². The second-order valence-corrected chi connectivity index (χ2v) is 6.55. The molecule has 1 aromatic heterocycles. The van der Waals surface area contributed by atoms with Gasteiger partial charge in [-0.2, -0.15) is 16.9 Å². The van der Waals surface area contributed by atoms with Gasteiger partial charge in [0.25, 0.3) is 0 Å². The molecule has 0 aliphatic carbocycles. The van der Waals surface area contributed by atoms with Crippen LogP contribution in [0.3, 0.4) is 0 Å². The summed E-state index contributed by atoms with van der Waals surface area (Å²) in [5.74, 6) is 0.496. The largest absolute Gasteiger partial charge is 0.388 e. The average molecular weight is 393 g/mol. The molecule has 0 fully saturated rings. The summed E-state index contributed by atoms with van der Waals surface area (Å²) in [6.07, 6.45) is 7.30. The predicted octanol–water partition coefficient (Wildman–Crippen LogP) is 3.27. The highest BCUT2D eigenvalue weighted by atomic mass is 32.2. The Morgan fingerprint density at radius 2 is 2.19 bits per heavy atom. The third kappa shape index (κ3) is 7.34. The molecule has 1 rings (SSSR count). The number of carbonyl (C=O) groups is 2. The van der Waals surface area contributed by atoms with Gasteiger partial charge in [0.05, 0.1) is 17.8 Å². The SMILES string of the molecule is C/C=C\C(CN(F)c1ccc(C(=O)/C=C(\C)NCCSC)c(C=O)n1)=NC. The number of aldehydes is 1. The van der Waals surface area contributed by atoms with Crippen molar-refractivity contribution in [1.82, 2.24) is 10.3 Å². The standard InChI is InChI=1S/C19H25FN4O2S/c1-5-6-15(21-3)12-24(20)19-8-7-16(17(13-25)23-19)18(26)11-14(2)22-9-10-27-4/h5-8,11,13,22H,9-10,12H2,1-4H3/b6-5-,14-11+,21-15?. The second kappa shape index (κ2) is 12.0. The summed E-state index contributed by atoms with van der Waals surface area (Å²) in [4.78, 5) is 31.7. The number of hydrogen-bond acceptors (Lipinski definition) is 7. The number of hydrogen-bond donors (Lipinski definition) is 1. The summed E-state index contributed by atoms with van der Waals surface area (Å²) in [6, 6.07) is 2.78. The van der Waals surface area contributed by atoms with E-state index < -0.39 is 0 Å². The zero-order valence-electron chi connectivity index (χ0n) is 16.0. The highest BCUT2D eigenvalue weighted by Gasteiger charge is 2.15. The van der Waals surface area contributed by atoms with Crippen LogP contribution in [0.25, 0.3) is 0 Å². The van der Waals surface area contributed by atoms with Crippen LogP contribution in [-0.4, -0.2) is 54.9 Å². The Hall–Kier alpha value is -2.48. The number of ketones is 1. The first kappa shape index (κ1) is 22.6. The molecule has 0 saturated heterocycles. The predicted molar refractivity (Wildman–Crippen MR) is 111 cm³/mol. The third-order valence-electron chi connectivity index (χ3n) is 3.54. The summed E-state index contributed by atoms with van der Waals surface area (Å²) >= 11 is 1.69. The van der Waals surface area contributed by atoms with E-state index in [1.54, 1.807) is 37.9 Å². The van der Waals surface area contributed by atoms with Gasteiger partial charge < -0.3 is 5.32 Å². The van der Waals surface area contributed by atoms with Gasteiger partial charge in [0.15, 0.2) is 17.9 Å². The molecule has 0 amide bonds. The summed E-state index contributed by atoms with van der Waals surface area (Å²) < 4.78 is 14.4. The topological polar surface area (TPSA) is 74.7 Å². The monoisotopic (exact) mass is 392 g/mol. The number of nitrogens with zero attached hydrogens (tertiary/aromatic N) is 3. The summed E-state index contributed by atoms with van der Waals surface area (Å²) in [7, 11) is 1.57. The fraction of sp³-hybridized carbons (Fsp3) is 0.368. The number of aromatic nitrogens is 1. The number of pyridine rings is 1. The number of carbonyl (C=O) groups excluding carboxylic acids is 2. The first-order chi connectivity index (χ1) is 13.0. The number of allylic oxidation sites excluding steroid dienone is 3. The molecule has 0 saturated carbocycles. The Bertz CT molecular complexity index is 747. The molecule has 6 nitrogen and oxygen atoms in total. The Kier molecular flexibility index (Phi) is 10.0. The zero-order chi connectivity index (χ0) is 20.2. The maximum Gasteiger partial charge on any atom is 0.189 e. The fourth-order valence-corrected chi connectivity index (χ4v) is 2.49. The van der Waals surface area contributed by atoms with Crippen LogP contribution in [0.15, 0.2) is 41.1 Å². The molecule has 27 heavy (non-hydrogen) atoms. The number of halogens is 1. The van der Waals surface area contributed by atoms with Gasteiger partial charge in [-0.25, -0.2) is 4.98 Å². The van der Waals surface area contributed by atoms with Gasteiger partial charge in [-0.3, -0.25) is 14.6 Å². The van der Waals surface area contributed by atoms with E-state index in [-0.39, 0.29) is 29.4 Å². The van der Waals surface area contributed by atoms with E-state index in [0.717, 1.165) is 12.3 Å². The van der Waals surface area contributed by atoms with Crippen molar-refractivity contribution < 1.29 is 14.1 Å². The van der Waals surface area contributed by atoms with Gasteiger partial charge in [-0.05, 0) is 38.3 Å². The number of thioether (sulfide) groups is 1. The van der Waals surface area contributed by atoms with Crippen LogP contribution in [0.4, 0.5) is 10.3 Å². The van der Waals surface area contributed by atoms with Gasteiger partial charge in [-0.1, -0.05) is 10.6 Å². The highest BCUT2D eigenvalue weighted by Crippen LogP contribution is 2.16. The van der Waals surface area contributed by atoms with Crippen LogP contribution in [0, 0.1) is 0 Å². The van der Waals surface area contributed by atoms with Gasteiger partial charge in [0.2, 0.25) is 0 Å². The third-order valence-corrected chi connectivity index (χ3v) is 4.15. The van der Waals surface area contributed by atoms with Gasteiger partial charge >= 0.3 is 0 Å². The quantitative estimate of drug-likeness (QED) is 0.156. The lowest BCUT2D eigenvalue weighted by atomic mass is 10.1. The maximum absolute atomic E-state index is 14.4. The van der Waals surface area contributed by atoms with Crippen molar-refractivity contribution in [2.45, 2.75) is 13.8 Å². The smallest absolute Gasteiger partial charge is 0.189 e. The molecule has 0 spiro atoms. The minimum absolute atomic E-state index is 0.0573. The van der Waals surface area contributed by atoms with Crippen molar-refractivity contribution >= 4 is 35.4 Å². The van der Waals surface area contributed by atoms with Crippen LogP contribution in [0.2, 0.25) is 0 Å². The van der Waals surface area contributed by atoms with E-state index in [1.807, 2.05) is 13.2 Å². The minimum atomic E-state index is -0.361. The van der Waals surface area contributed by atoms with Crippen molar-refractivity contribution in [3.8, 4) is 0 Å². The van der Waals surface area contributed by atoms with Crippen molar-refractivity contribution in [3.63, 3.8) is 0 Å². The number of anilines is 1. The molecule has 0 aromatic carbocycles. The Morgan fingerprint density at radius 1 is 1.44 bits per heavy atom. The molecule has 0 atom stereocenters. The molecule has 1 N–H and O–H groups in total. The van der Waals surface area contributed by atoms with Crippen LogP contribution in [0.5, 0.6) is 0 Å². The Morgan fingerprint density at radius 3 is 2.78 bits per heavy atom. The average Bonchev–Trinajstić information content (AvgIpc) is 2.67. The lowest BCUT2D eigenvalue weighted by Crippen LogP contribution is -2.22. The van der Waals surface area contributed by atoms with Crippen molar-refractivity contribution in [2.75, 3.05) is 37.3 Å². The maximum atomic E-state index is 14.4. The molecule has 0 aliphatic rings. The summed E-state index contributed by atoms with van der Waals surface area (Å²) in [5, 5.41) is 3.50. The van der Waals surface area contributed by atoms with E-state index >= 15 is 0 Å². The number of rotatable bonds is 11. The van der Waals surface area contributed by atoms with Crippen molar-refractivity contribution in [2.24, 2.45) is 4.99 Å². The van der Waals surface area contributed by atoms with Gasteiger partial charge in [-0.15, -0.1) is 0 Å².